The number of benzene rings is 3. The van der Waals surface area contributed by atoms with Gasteiger partial charge in [0.15, 0.2) is 0 Å². The number of carbonyl (C=O) groups excluding carboxylic acids is 1. The number of hydrogen-bond acceptors (Lipinski definition) is 2. The summed E-state index contributed by atoms with van der Waals surface area (Å²) in [5.41, 5.74) is -3.95. The zero-order valence-corrected chi connectivity index (χ0v) is 20.9. The molecule has 0 fully saturated rings. The van der Waals surface area contributed by atoms with E-state index < -0.39 is 51.7 Å². The summed E-state index contributed by atoms with van der Waals surface area (Å²) in [5, 5.41) is 6.85. The minimum Gasteiger partial charge on any atom is -0.306 e. The summed E-state index contributed by atoms with van der Waals surface area (Å²) < 4.78 is 118. The zero-order valence-electron chi connectivity index (χ0n) is 20.1. The van der Waals surface area contributed by atoms with Crippen molar-refractivity contribution < 1.29 is 44.3 Å². The smallest absolute Gasteiger partial charge is 0.306 e. The lowest BCUT2D eigenvalue weighted by molar-refractivity contribution is -0.138. The van der Waals surface area contributed by atoms with E-state index in [4.69, 9.17) is 11.6 Å². The van der Waals surface area contributed by atoms with Crippen LogP contribution in [0.2, 0.25) is 5.02 Å². The first-order chi connectivity index (χ1) is 18.4. The molecule has 1 unspecified atom stereocenters. The van der Waals surface area contributed by atoms with Gasteiger partial charge in [-0.15, -0.1) is 0 Å². The van der Waals surface area contributed by atoms with Crippen LogP contribution in [0.5, 0.6) is 0 Å². The number of amides is 2. The highest BCUT2D eigenvalue weighted by atomic mass is 35.5. The normalized spacial score (nSPS) is 18.1. The average Bonchev–Trinajstić information content (AvgIpc) is 3.21. The molecule has 0 saturated carbocycles. The molecule has 4 nitrogen and oxygen atoms in total. The number of nitrogens with one attached hydrogen (secondary N) is 1. The number of rotatable bonds is 3. The summed E-state index contributed by atoms with van der Waals surface area (Å²) in [7, 11) is 0. The predicted molar refractivity (Wildman–Crippen MR) is 129 cm³/mol. The van der Waals surface area contributed by atoms with Crippen LogP contribution >= 0.6 is 11.6 Å². The molecule has 0 aromatic heterocycles. The third-order valence-electron chi connectivity index (χ3n) is 6.30. The van der Waals surface area contributed by atoms with Crippen LogP contribution in [0.4, 0.5) is 50.0 Å². The van der Waals surface area contributed by atoms with Gasteiger partial charge < -0.3 is 5.32 Å². The van der Waals surface area contributed by atoms with Crippen LogP contribution in [-0.2, 0) is 23.9 Å². The van der Waals surface area contributed by atoms with Crippen LogP contribution in [0.1, 0.15) is 34.7 Å². The Labute approximate surface area is 226 Å². The highest BCUT2D eigenvalue weighted by molar-refractivity contribution is 6.32. The van der Waals surface area contributed by atoms with Crippen molar-refractivity contribution in [3.8, 4) is 0 Å². The van der Waals surface area contributed by atoms with Gasteiger partial charge in [0, 0.05) is 11.3 Å². The summed E-state index contributed by atoms with van der Waals surface area (Å²) in [6, 6.07) is 9.42. The third kappa shape index (κ3) is 5.88. The van der Waals surface area contributed by atoms with Crippen LogP contribution in [0.15, 0.2) is 71.8 Å². The van der Waals surface area contributed by atoms with Crippen molar-refractivity contribution in [3.05, 3.63) is 99.6 Å². The highest BCUT2D eigenvalue weighted by Crippen LogP contribution is 2.40. The topological polar surface area (TPSA) is 44.7 Å². The number of carbonyl (C=O) groups is 1. The van der Waals surface area contributed by atoms with E-state index in [0.717, 1.165) is 59.6 Å². The monoisotopic (exact) mass is 593 g/mol. The van der Waals surface area contributed by atoms with Crippen molar-refractivity contribution in [2.45, 2.75) is 30.9 Å². The van der Waals surface area contributed by atoms with Crippen LogP contribution in [-0.4, -0.2) is 23.3 Å². The van der Waals surface area contributed by atoms with Crippen LogP contribution in [0.25, 0.3) is 0 Å². The van der Waals surface area contributed by atoms with Gasteiger partial charge in [-0.05, 0) is 61.0 Å². The van der Waals surface area contributed by atoms with Gasteiger partial charge in [0.1, 0.15) is 0 Å². The van der Waals surface area contributed by atoms with Crippen molar-refractivity contribution in [1.29, 1.82) is 0 Å². The van der Waals surface area contributed by atoms with Gasteiger partial charge in [-0.3, -0.25) is 0 Å². The molecule has 2 amide bonds. The fourth-order valence-electron chi connectivity index (χ4n) is 4.21. The molecule has 3 aromatic rings. The molecule has 212 valence electrons. The first-order valence-corrected chi connectivity index (χ1v) is 11.7. The Morgan fingerprint density at radius 3 is 1.82 bits per heavy atom. The fourth-order valence-corrected chi connectivity index (χ4v) is 4.50. The lowest BCUT2D eigenvalue weighted by Gasteiger charge is -2.27. The Kier molecular flexibility index (Phi) is 7.33. The van der Waals surface area contributed by atoms with Gasteiger partial charge in [-0.1, -0.05) is 29.8 Å². The molecule has 3 aromatic carbocycles. The van der Waals surface area contributed by atoms with E-state index in [2.05, 4.69) is 10.4 Å². The Balaban J connectivity index is 1.71. The zero-order chi connectivity index (χ0) is 29.7. The molecule has 14 heteroatoms. The summed E-state index contributed by atoms with van der Waals surface area (Å²) in [6.45, 7) is 1.27. The molecular weight excluding hydrogens is 577 g/mol. The molecule has 1 aliphatic rings. The van der Waals surface area contributed by atoms with E-state index in [0.29, 0.717) is 0 Å². The van der Waals surface area contributed by atoms with E-state index in [9.17, 15) is 44.3 Å². The summed E-state index contributed by atoms with van der Waals surface area (Å²) in [5.74, 6) is 0. The van der Waals surface area contributed by atoms with Gasteiger partial charge in [-0.2, -0.15) is 44.6 Å². The minimum atomic E-state index is -4.75. The number of alkyl halides is 9. The second-order valence-electron chi connectivity index (χ2n) is 9.11. The molecule has 0 bridgehead atoms. The maximum Gasteiger partial charge on any atom is 0.417 e. The number of anilines is 1. The minimum absolute atomic E-state index is 0.00421. The number of hydrazone groups is 1. The summed E-state index contributed by atoms with van der Waals surface area (Å²) >= 11 is 5.88. The number of hydrogen-bond donors (Lipinski definition) is 1. The summed E-state index contributed by atoms with van der Waals surface area (Å²) in [6.07, 6.45) is -14.0. The van der Waals surface area contributed by atoms with Gasteiger partial charge in [0.2, 0.25) is 0 Å². The highest BCUT2D eigenvalue weighted by Gasteiger charge is 2.44. The van der Waals surface area contributed by atoms with Crippen LogP contribution in [0.3, 0.4) is 0 Å². The van der Waals surface area contributed by atoms with Crippen molar-refractivity contribution in [2.24, 2.45) is 5.10 Å². The fraction of sp³-hybridized carbons (Fsp3) is 0.231. The number of halogens is 10. The molecule has 0 radical (unpaired) electrons. The quantitative estimate of drug-likeness (QED) is 0.304. The maximum atomic E-state index is 13.2. The van der Waals surface area contributed by atoms with E-state index in [1.165, 1.54) is 19.1 Å². The molecular formula is C26H17ClF9N3O. The third-order valence-corrected chi connectivity index (χ3v) is 6.62. The lowest BCUT2D eigenvalue weighted by atomic mass is 9.76. The molecule has 1 N–H and O–H groups in total. The largest absolute Gasteiger partial charge is 0.417 e. The van der Waals surface area contributed by atoms with Crippen molar-refractivity contribution >= 4 is 29.0 Å². The van der Waals surface area contributed by atoms with E-state index in [1.54, 1.807) is 0 Å². The Hall–Kier alpha value is -3.74. The lowest BCUT2D eigenvalue weighted by Crippen LogP contribution is -2.39. The van der Waals surface area contributed by atoms with Crippen LogP contribution < -0.4 is 5.32 Å². The van der Waals surface area contributed by atoms with Crippen LogP contribution in [0, 0.1) is 0 Å². The number of nitrogens with zero attached hydrogens (tertiary/aromatic N) is 2. The number of urea groups is 1. The maximum absolute atomic E-state index is 13.2. The van der Waals surface area contributed by atoms with Crippen molar-refractivity contribution in [1.82, 2.24) is 5.01 Å². The molecule has 1 heterocycles. The summed E-state index contributed by atoms with van der Waals surface area (Å²) in [4.78, 5) is 13.0. The second kappa shape index (κ2) is 10.0. The first-order valence-electron chi connectivity index (χ1n) is 11.3. The molecule has 1 aliphatic heterocycles. The van der Waals surface area contributed by atoms with Gasteiger partial charge >= 0.3 is 24.6 Å². The van der Waals surface area contributed by atoms with Gasteiger partial charge in [0.25, 0.3) is 0 Å². The molecule has 1 atom stereocenters. The van der Waals surface area contributed by atoms with E-state index in [1.807, 2.05) is 0 Å². The Bertz CT molecular complexity index is 1450. The van der Waals surface area contributed by atoms with Gasteiger partial charge in [-0.25, -0.2) is 9.80 Å². The van der Waals surface area contributed by atoms with Crippen molar-refractivity contribution in [3.63, 3.8) is 0 Å². The molecule has 4 rings (SSSR count). The second-order valence-corrected chi connectivity index (χ2v) is 9.52. The Morgan fingerprint density at radius 1 is 0.825 bits per heavy atom. The van der Waals surface area contributed by atoms with Crippen molar-refractivity contribution in [2.75, 3.05) is 11.9 Å². The van der Waals surface area contributed by atoms with E-state index >= 15 is 0 Å². The molecule has 0 saturated heterocycles. The SMILES string of the molecule is CC1(c2ccc(C(F)(F)F)cc2)CN(C(=O)Nc2ccc(C(F)(F)F)cc2)N=C1c1ccc(C(F)(F)F)c(Cl)c1. The first kappa shape index (κ1) is 29.2. The molecule has 0 aliphatic carbocycles. The average molecular weight is 594 g/mol. The molecule has 0 spiro atoms. The van der Waals surface area contributed by atoms with Gasteiger partial charge in [0.05, 0.1) is 39.4 Å². The van der Waals surface area contributed by atoms with E-state index in [-0.39, 0.29) is 29.1 Å². The Morgan fingerprint density at radius 2 is 1.35 bits per heavy atom. The standard InChI is InChI=1S/C26H17ClF9N3O/c1-23(15-3-5-16(6-4-15)24(28,29)30)13-39(22(40)37-18-9-7-17(8-10-18)25(31,32)33)38-21(23)14-2-11-19(20(27)12-14)26(34,35)36/h2-12H,13H2,1H3,(H,37,40). The molecule has 40 heavy (non-hydrogen) atoms. The predicted octanol–water partition coefficient (Wildman–Crippen LogP) is 8.61.